The Bertz CT molecular complexity index is 630. The standard InChI is InChI=1S/C12H13F3N4O2/c1-7(2)10-3-9(18-21-10)11(20)17-8-4-16-19(5-8)6-12(13,14)15/h3-5,7H,6H2,1-2H3,(H,17,20). The fourth-order valence-electron chi connectivity index (χ4n) is 1.56. The summed E-state index contributed by atoms with van der Waals surface area (Å²) in [4.78, 5) is 11.9. The molecule has 0 saturated carbocycles. The second-order valence-electron chi connectivity index (χ2n) is 4.77. The van der Waals surface area contributed by atoms with Gasteiger partial charge in [-0.15, -0.1) is 0 Å². The average Bonchev–Trinajstić information content (AvgIpc) is 2.96. The van der Waals surface area contributed by atoms with Crippen LogP contribution in [0.3, 0.4) is 0 Å². The minimum absolute atomic E-state index is 0.0577. The van der Waals surface area contributed by atoms with Crippen LogP contribution in [0.15, 0.2) is 23.0 Å². The Morgan fingerprint density at radius 3 is 2.76 bits per heavy atom. The van der Waals surface area contributed by atoms with Gasteiger partial charge in [0.25, 0.3) is 5.91 Å². The van der Waals surface area contributed by atoms with E-state index >= 15 is 0 Å². The molecule has 0 aliphatic rings. The maximum atomic E-state index is 12.2. The lowest BCUT2D eigenvalue weighted by atomic mass is 10.1. The van der Waals surface area contributed by atoms with Crippen LogP contribution in [0, 0.1) is 0 Å². The fourth-order valence-corrected chi connectivity index (χ4v) is 1.56. The van der Waals surface area contributed by atoms with Crippen molar-refractivity contribution in [1.29, 1.82) is 0 Å². The fraction of sp³-hybridized carbons (Fsp3) is 0.417. The molecule has 21 heavy (non-hydrogen) atoms. The van der Waals surface area contributed by atoms with Crippen molar-refractivity contribution >= 4 is 11.6 Å². The van der Waals surface area contributed by atoms with Crippen LogP contribution in [-0.2, 0) is 6.54 Å². The van der Waals surface area contributed by atoms with Crippen LogP contribution < -0.4 is 5.32 Å². The minimum atomic E-state index is -4.37. The van der Waals surface area contributed by atoms with Gasteiger partial charge in [-0.25, -0.2) is 0 Å². The highest BCUT2D eigenvalue weighted by atomic mass is 19.4. The van der Waals surface area contributed by atoms with Crippen molar-refractivity contribution in [2.45, 2.75) is 32.5 Å². The lowest BCUT2D eigenvalue weighted by Crippen LogP contribution is -2.18. The Balaban J connectivity index is 2.02. The molecule has 0 aliphatic carbocycles. The van der Waals surface area contributed by atoms with Gasteiger partial charge in [0.15, 0.2) is 5.69 Å². The number of halogens is 3. The van der Waals surface area contributed by atoms with Crippen LogP contribution in [-0.4, -0.2) is 27.0 Å². The van der Waals surface area contributed by atoms with E-state index in [1.807, 2.05) is 13.8 Å². The highest BCUT2D eigenvalue weighted by molar-refractivity contribution is 6.02. The van der Waals surface area contributed by atoms with E-state index < -0.39 is 18.6 Å². The molecule has 2 rings (SSSR count). The SMILES string of the molecule is CC(C)c1cc(C(=O)Nc2cnn(CC(F)(F)F)c2)no1. The monoisotopic (exact) mass is 302 g/mol. The first-order valence-electron chi connectivity index (χ1n) is 6.12. The highest BCUT2D eigenvalue weighted by Gasteiger charge is 2.28. The number of nitrogens with one attached hydrogen (secondary N) is 1. The number of hydrogen-bond acceptors (Lipinski definition) is 4. The molecule has 9 heteroatoms. The number of amides is 1. The molecule has 1 N–H and O–H groups in total. The van der Waals surface area contributed by atoms with Gasteiger partial charge < -0.3 is 9.84 Å². The summed E-state index contributed by atoms with van der Waals surface area (Å²) in [5.74, 6) is 0.0544. The van der Waals surface area contributed by atoms with Crippen molar-refractivity contribution in [2.24, 2.45) is 0 Å². The van der Waals surface area contributed by atoms with Crippen molar-refractivity contribution in [3.05, 3.63) is 29.9 Å². The molecule has 0 spiro atoms. The molecule has 0 unspecified atom stereocenters. The maximum Gasteiger partial charge on any atom is 0.408 e. The van der Waals surface area contributed by atoms with Crippen LogP contribution in [0.4, 0.5) is 18.9 Å². The molecular formula is C12H13F3N4O2. The third-order valence-corrected chi connectivity index (χ3v) is 2.56. The number of carbonyl (C=O) groups is 1. The first kappa shape index (κ1) is 15.1. The zero-order chi connectivity index (χ0) is 15.6. The molecule has 0 aliphatic heterocycles. The van der Waals surface area contributed by atoms with Gasteiger partial charge >= 0.3 is 6.18 Å². The van der Waals surface area contributed by atoms with Crippen LogP contribution >= 0.6 is 0 Å². The van der Waals surface area contributed by atoms with Gasteiger partial charge in [-0.05, 0) is 0 Å². The van der Waals surface area contributed by atoms with Crippen molar-refractivity contribution in [3.8, 4) is 0 Å². The van der Waals surface area contributed by atoms with Crippen LogP contribution in [0.2, 0.25) is 0 Å². The summed E-state index contributed by atoms with van der Waals surface area (Å²) in [6.45, 7) is 2.54. The third-order valence-electron chi connectivity index (χ3n) is 2.56. The van der Waals surface area contributed by atoms with E-state index in [-0.39, 0.29) is 17.3 Å². The van der Waals surface area contributed by atoms with E-state index in [0.717, 1.165) is 12.4 Å². The summed E-state index contributed by atoms with van der Waals surface area (Å²) in [6.07, 6.45) is -2.15. The molecule has 6 nitrogen and oxygen atoms in total. The quantitative estimate of drug-likeness (QED) is 0.942. The van der Waals surface area contributed by atoms with Crippen LogP contribution in [0.5, 0.6) is 0 Å². The molecule has 0 bridgehead atoms. The van der Waals surface area contributed by atoms with E-state index in [9.17, 15) is 18.0 Å². The Labute approximate surface area is 117 Å². The molecule has 114 valence electrons. The number of hydrogen-bond donors (Lipinski definition) is 1. The molecule has 0 aromatic carbocycles. The Morgan fingerprint density at radius 1 is 1.48 bits per heavy atom. The number of aromatic nitrogens is 3. The van der Waals surface area contributed by atoms with Gasteiger partial charge in [-0.1, -0.05) is 19.0 Å². The minimum Gasteiger partial charge on any atom is -0.360 e. The first-order chi connectivity index (χ1) is 9.74. The van der Waals surface area contributed by atoms with Crippen molar-refractivity contribution < 1.29 is 22.5 Å². The second-order valence-corrected chi connectivity index (χ2v) is 4.77. The molecule has 1 amide bonds. The largest absolute Gasteiger partial charge is 0.408 e. The number of alkyl halides is 3. The number of anilines is 1. The lowest BCUT2D eigenvalue weighted by molar-refractivity contribution is -0.142. The van der Waals surface area contributed by atoms with Crippen molar-refractivity contribution in [2.75, 3.05) is 5.32 Å². The summed E-state index contributed by atoms with van der Waals surface area (Å²) < 4.78 is 42.2. The molecule has 2 aromatic heterocycles. The van der Waals surface area contributed by atoms with Crippen molar-refractivity contribution in [3.63, 3.8) is 0 Å². The predicted octanol–water partition coefficient (Wildman–Crippen LogP) is 2.81. The van der Waals surface area contributed by atoms with E-state index in [1.54, 1.807) is 0 Å². The number of rotatable bonds is 4. The maximum absolute atomic E-state index is 12.2. The van der Waals surface area contributed by atoms with Gasteiger partial charge in [0, 0.05) is 18.2 Å². The molecule has 2 heterocycles. The second kappa shape index (κ2) is 5.58. The summed E-state index contributed by atoms with van der Waals surface area (Å²) in [6, 6.07) is 1.49. The Morgan fingerprint density at radius 2 is 2.19 bits per heavy atom. The molecule has 2 aromatic rings. The molecular weight excluding hydrogens is 289 g/mol. The summed E-state index contributed by atoms with van der Waals surface area (Å²) in [5, 5.41) is 9.53. The lowest BCUT2D eigenvalue weighted by Gasteiger charge is -2.05. The normalized spacial score (nSPS) is 11.9. The van der Waals surface area contributed by atoms with Gasteiger partial charge in [-0.2, -0.15) is 18.3 Å². The average molecular weight is 302 g/mol. The number of nitrogens with zero attached hydrogens (tertiary/aromatic N) is 3. The van der Waals surface area contributed by atoms with Gasteiger partial charge in [-0.3, -0.25) is 9.48 Å². The highest BCUT2D eigenvalue weighted by Crippen LogP contribution is 2.19. The van der Waals surface area contributed by atoms with Crippen LogP contribution in [0.25, 0.3) is 0 Å². The molecule has 0 radical (unpaired) electrons. The predicted molar refractivity (Wildman–Crippen MR) is 66.8 cm³/mol. The summed E-state index contributed by atoms with van der Waals surface area (Å²) in [5.41, 5.74) is 0.209. The van der Waals surface area contributed by atoms with Crippen molar-refractivity contribution in [1.82, 2.24) is 14.9 Å². The van der Waals surface area contributed by atoms with E-state index in [4.69, 9.17) is 4.52 Å². The van der Waals surface area contributed by atoms with Gasteiger partial charge in [0.2, 0.25) is 0 Å². The number of carbonyl (C=O) groups excluding carboxylic acids is 1. The van der Waals surface area contributed by atoms with E-state index in [2.05, 4.69) is 15.6 Å². The zero-order valence-corrected chi connectivity index (χ0v) is 11.3. The van der Waals surface area contributed by atoms with Crippen LogP contribution in [0.1, 0.15) is 36.0 Å². The van der Waals surface area contributed by atoms with E-state index in [1.165, 1.54) is 6.07 Å². The molecule has 0 atom stereocenters. The third kappa shape index (κ3) is 4.07. The molecule has 0 fully saturated rings. The van der Waals surface area contributed by atoms with E-state index in [0.29, 0.717) is 10.4 Å². The molecule has 0 saturated heterocycles. The topological polar surface area (TPSA) is 73.0 Å². The van der Waals surface area contributed by atoms with Gasteiger partial charge in [0.05, 0.1) is 11.9 Å². The summed E-state index contributed by atoms with van der Waals surface area (Å²) in [7, 11) is 0. The Kier molecular flexibility index (Phi) is 4.01. The Hall–Kier alpha value is -2.32. The zero-order valence-electron chi connectivity index (χ0n) is 11.3. The smallest absolute Gasteiger partial charge is 0.360 e. The van der Waals surface area contributed by atoms with Gasteiger partial charge in [0.1, 0.15) is 12.3 Å². The first-order valence-corrected chi connectivity index (χ1v) is 6.12. The summed E-state index contributed by atoms with van der Waals surface area (Å²) >= 11 is 0.